The van der Waals surface area contributed by atoms with E-state index in [-0.39, 0.29) is 16.9 Å². The van der Waals surface area contributed by atoms with Crippen LogP contribution in [0, 0.1) is 11.6 Å². The highest BCUT2D eigenvalue weighted by Crippen LogP contribution is 2.18. The molecular formula is C24H18F2N2O4. The van der Waals surface area contributed by atoms with E-state index in [2.05, 4.69) is 15.4 Å². The number of ether oxygens (including phenoxy) is 1. The second kappa shape index (κ2) is 10.1. The lowest BCUT2D eigenvalue weighted by Gasteiger charge is -2.11. The van der Waals surface area contributed by atoms with Crippen LogP contribution < -0.4 is 10.6 Å². The highest BCUT2D eigenvalue weighted by Gasteiger charge is 2.21. The topological polar surface area (TPSA) is 84.5 Å². The number of nitrogens with one attached hydrogen (secondary N) is 2. The van der Waals surface area contributed by atoms with Crippen LogP contribution in [0.25, 0.3) is 6.08 Å². The molecule has 0 fully saturated rings. The minimum absolute atomic E-state index is 0.122. The normalized spacial score (nSPS) is 10.1. The zero-order valence-corrected chi connectivity index (χ0v) is 16.9. The molecule has 0 spiro atoms. The minimum atomic E-state index is -0.902. The molecule has 0 bridgehead atoms. The Bertz CT molecular complexity index is 1130. The molecular weight excluding hydrogens is 418 g/mol. The number of carbonyl (C=O) groups excluding carboxylic acids is 3. The molecule has 0 radical (unpaired) electrons. The van der Waals surface area contributed by atoms with Crippen LogP contribution in [0.15, 0.2) is 78.4 Å². The summed E-state index contributed by atoms with van der Waals surface area (Å²) < 4.78 is 32.6. The molecule has 0 aliphatic rings. The Hall–Kier alpha value is -4.33. The Morgan fingerprint density at radius 3 is 1.66 bits per heavy atom. The van der Waals surface area contributed by atoms with E-state index in [4.69, 9.17) is 0 Å². The van der Waals surface area contributed by atoms with Crippen LogP contribution in [0.2, 0.25) is 0 Å². The summed E-state index contributed by atoms with van der Waals surface area (Å²) in [6.07, 6.45) is 1.24. The quantitative estimate of drug-likeness (QED) is 0.259. The number of esters is 1. The fourth-order valence-corrected chi connectivity index (χ4v) is 2.74. The minimum Gasteiger partial charge on any atom is -0.465 e. The second-order valence-corrected chi connectivity index (χ2v) is 6.54. The smallest absolute Gasteiger partial charge is 0.337 e. The lowest BCUT2D eigenvalue weighted by atomic mass is 10.1. The molecule has 3 aromatic rings. The average molecular weight is 436 g/mol. The molecule has 0 aliphatic carbocycles. The van der Waals surface area contributed by atoms with Crippen LogP contribution >= 0.6 is 0 Å². The predicted octanol–water partition coefficient (Wildman–Crippen LogP) is 4.41. The summed E-state index contributed by atoms with van der Waals surface area (Å²) in [5.74, 6) is -3.72. The van der Waals surface area contributed by atoms with Crippen molar-refractivity contribution in [3.05, 3.63) is 101 Å². The molecule has 3 rings (SSSR count). The van der Waals surface area contributed by atoms with E-state index in [1.165, 1.54) is 73.8 Å². The molecule has 6 nitrogen and oxygen atoms in total. The van der Waals surface area contributed by atoms with Gasteiger partial charge in [-0.25, -0.2) is 13.6 Å². The van der Waals surface area contributed by atoms with Gasteiger partial charge < -0.3 is 15.4 Å². The van der Waals surface area contributed by atoms with Crippen LogP contribution in [0.1, 0.15) is 15.9 Å². The maximum absolute atomic E-state index is 14.0. The summed E-state index contributed by atoms with van der Waals surface area (Å²) in [6.45, 7) is 0. The first kappa shape index (κ1) is 22.4. The number of hydrogen-bond donors (Lipinski definition) is 2. The maximum Gasteiger partial charge on any atom is 0.337 e. The molecule has 0 aromatic heterocycles. The molecule has 2 amide bonds. The summed E-state index contributed by atoms with van der Waals surface area (Å²) in [5, 5.41) is 4.68. The SMILES string of the molecule is COC(=O)c1ccc(C=C(C(=O)Nc2ccccc2F)C(=O)Nc2ccccc2F)cc1. The van der Waals surface area contributed by atoms with E-state index >= 15 is 0 Å². The number of halogens is 2. The molecule has 0 atom stereocenters. The van der Waals surface area contributed by atoms with Crippen molar-refractivity contribution in [3.63, 3.8) is 0 Å². The molecule has 8 heteroatoms. The zero-order valence-electron chi connectivity index (χ0n) is 16.9. The largest absolute Gasteiger partial charge is 0.465 e. The van der Waals surface area contributed by atoms with Crippen molar-refractivity contribution in [3.8, 4) is 0 Å². The predicted molar refractivity (Wildman–Crippen MR) is 116 cm³/mol. The van der Waals surface area contributed by atoms with Crippen LogP contribution in [0.5, 0.6) is 0 Å². The highest BCUT2D eigenvalue weighted by molar-refractivity contribution is 6.28. The Morgan fingerprint density at radius 2 is 1.22 bits per heavy atom. The Labute approximate surface area is 182 Å². The Balaban J connectivity index is 1.94. The van der Waals surface area contributed by atoms with Gasteiger partial charge in [-0.2, -0.15) is 0 Å². The summed E-state index contributed by atoms with van der Waals surface area (Å²) in [7, 11) is 1.24. The number of para-hydroxylation sites is 2. The van der Waals surface area contributed by atoms with Crippen LogP contribution in [0.4, 0.5) is 20.2 Å². The van der Waals surface area contributed by atoms with Gasteiger partial charge in [0.2, 0.25) is 0 Å². The number of amides is 2. The molecule has 162 valence electrons. The van der Waals surface area contributed by atoms with Crippen molar-refractivity contribution in [2.75, 3.05) is 17.7 Å². The van der Waals surface area contributed by atoms with Crippen molar-refractivity contribution in [2.24, 2.45) is 0 Å². The lowest BCUT2D eigenvalue weighted by Crippen LogP contribution is -2.26. The van der Waals surface area contributed by atoms with Crippen LogP contribution in [0.3, 0.4) is 0 Å². The van der Waals surface area contributed by atoms with E-state index in [9.17, 15) is 23.2 Å². The summed E-state index contributed by atoms with van der Waals surface area (Å²) in [5.41, 5.74) is 0.0337. The molecule has 32 heavy (non-hydrogen) atoms. The Kier molecular flexibility index (Phi) is 7.07. The van der Waals surface area contributed by atoms with E-state index < -0.39 is 35.0 Å². The van der Waals surface area contributed by atoms with Gasteiger partial charge in [0.25, 0.3) is 11.8 Å². The van der Waals surface area contributed by atoms with Gasteiger partial charge >= 0.3 is 5.97 Å². The van der Waals surface area contributed by atoms with Gasteiger partial charge in [0.05, 0.1) is 24.0 Å². The molecule has 0 heterocycles. The third kappa shape index (κ3) is 5.42. The lowest BCUT2D eigenvalue weighted by molar-refractivity contribution is -0.118. The second-order valence-electron chi connectivity index (χ2n) is 6.54. The molecule has 0 saturated heterocycles. The number of rotatable bonds is 6. The third-order valence-corrected chi connectivity index (χ3v) is 4.38. The van der Waals surface area contributed by atoms with Gasteiger partial charge in [0.1, 0.15) is 17.2 Å². The highest BCUT2D eigenvalue weighted by atomic mass is 19.1. The van der Waals surface area contributed by atoms with Crippen molar-refractivity contribution in [1.29, 1.82) is 0 Å². The fourth-order valence-electron chi connectivity index (χ4n) is 2.74. The van der Waals surface area contributed by atoms with E-state index in [0.29, 0.717) is 5.56 Å². The summed E-state index contributed by atoms with van der Waals surface area (Å²) in [6, 6.07) is 16.9. The standard InChI is InChI=1S/C24H18F2N2O4/c1-32-24(31)16-12-10-15(11-13-16)14-17(22(29)27-20-8-4-2-6-18(20)25)23(30)28-21-9-5-3-7-19(21)26/h2-14H,1H3,(H,27,29)(H,28,30). The summed E-state index contributed by atoms with van der Waals surface area (Å²) in [4.78, 5) is 37.3. The first-order valence-electron chi connectivity index (χ1n) is 9.41. The molecule has 2 N–H and O–H groups in total. The van der Waals surface area contributed by atoms with Crippen molar-refractivity contribution in [2.45, 2.75) is 0 Å². The first-order chi connectivity index (χ1) is 15.4. The monoisotopic (exact) mass is 436 g/mol. The van der Waals surface area contributed by atoms with E-state index in [1.54, 1.807) is 0 Å². The van der Waals surface area contributed by atoms with E-state index in [1.807, 2.05) is 0 Å². The first-order valence-corrected chi connectivity index (χ1v) is 9.41. The van der Waals surface area contributed by atoms with E-state index in [0.717, 1.165) is 12.1 Å². The Morgan fingerprint density at radius 1 is 0.750 bits per heavy atom. The number of methoxy groups -OCH3 is 1. The number of benzene rings is 3. The molecule has 0 saturated carbocycles. The number of hydrogen-bond acceptors (Lipinski definition) is 4. The van der Waals surface area contributed by atoms with Crippen molar-refractivity contribution < 1.29 is 27.9 Å². The third-order valence-electron chi connectivity index (χ3n) is 4.38. The number of anilines is 2. The molecule has 0 unspecified atom stereocenters. The van der Waals surface area contributed by atoms with Gasteiger partial charge in [0.15, 0.2) is 0 Å². The van der Waals surface area contributed by atoms with Crippen LogP contribution in [-0.2, 0) is 14.3 Å². The average Bonchev–Trinajstić information content (AvgIpc) is 2.80. The molecule has 0 aliphatic heterocycles. The zero-order chi connectivity index (χ0) is 23.1. The summed E-state index contributed by atoms with van der Waals surface area (Å²) >= 11 is 0. The van der Waals surface area contributed by atoms with Crippen LogP contribution in [-0.4, -0.2) is 24.9 Å². The molecule has 3 aromatic carbocycles. The van der Waals surface area contributed by atoms with Gasteiger partial charge in [-0.3, -0.25) is 9.59 Å². The number of carbonyl (C=O) groups is 3. The fraction of sp³-hybridized carbons (Fsp3) is 0.0417. The van der Waals surface area contributed by atoms with Gasteiger partial charge in [-0.15, -0.1) is 0 Å². The van der Waals surface area contributed by atoms with Gasteiger partial charge in [0, 0.05) is 0 Å². The maximum atomic E-state index is 14.0. The van der Waals surface area contributed by atoms with Gasteiger partial charge in [-0.05, 0) is 48.0 Å². The van der Waals surface area contributed by atoms with Gasteiger partial charge in [-0.1, -0.05) is 36.4 Å². The van der Waals surface area contributed by atoms with Crippen molar-refractivity contribution in [1.82, 2.24) is 0 Å². The van der Waals surface area contributed by atoms with Crippen molar-refractivity contribution >= 4 is 35.2 Å².